The molecule has 0 aromatic carbocycles. The number of carbonyl (C=O) groups is 3. The third-order valence-electron chi connectivity index (χ3n) is 6.98. The molecule has 0 unspecified atom stereocenters. The maximum Gasteiger partial charge on any atom is 0.306 e. The molecule has 0 fully saturated rings. The Morgan fingerprint density at radius 3 is 1.51 bits per heavy atom. The summed E-state index contributed by atoms with van der Waals surface area (Å²) in [7, 11) is -6.54. The van der Waals surface area contributed by atoms with Crippen LogP contribution in [0.25, 0.3) is 0 Å². The maximum atomic E-state index is 13.7. The van der Waals surface area contributed by atoms with Gasteiger partial charge in [-0.25, -0.2) is 16.8 Å². The number of sulfone groups is 2. The Kier molecular flexibility index (Phi) is 13.0. The normalized spacial score (nSPS) is 15.2. The molecule has 0 saturated heterocycles. The maximum absolute atomic E-state index is 13.7. The Balaban J connectivity index is 3.09. The molecule has 0 spiro atoms. The van der Waals surface area contributed by atoms with Crippen LogP contribution in [0.2, 0.25) is 0 Å². The van der Waals surface area contributed by atoms with Gasteiger partial charge in [-0.05, 0) is 26.7 Å². The van der Waals surface area contributed by atoms with E-state index >= 15 is 0 Å². The SMILES string of the molecule is C=C=C(CC(C)(C)C1=C(C)C(=O)C(C(C)(C)CC(=O)OCCS(=O)(=O)CCC)=C(C)C1=O)OCCS(=O)(=O)CCC. The van der Waals surface area contributed by atoms with Crippen LogP contribution in [0, 0.1) is 10.8 Å². The zero-order chi connectivity index (χ0) is 31.8. The standard InChI is InChI=1S/C30H46O9S2/c1-10-15-40(34,35)17-13-38-23(12-3)19-29(6,7)25-21(4)28(33)26(22(5)27(25)32)30(8,9)20-24(31)39-14-18-41(36,37)16-11-2/h3,10-11,13-20H2,1-2,4-9H3. The lowest BCUT2D eigenvalue weighted by atomic mass is 9.66. The van der Waals surface area contributed by atoms with Crippen LogP contribution in [0.5, 0.6) is 0 Å². The quantitative estimate of drug-likeness (QED) is 0.100. The fraction of sp³-hybridized carbons (Fsp3) is 0.667. The summed E-state index contributed by atoms with van der Waals surface area (Å²) in [6, 6.07) is 0. The molecule has 0 radical (unpaired) electrons. The predicted molar refractivity (Wildman–Crippen MR) is 160 cm³/mol. The van der Waals surface area contributed by atoms with Crippen molar-refractivity contribution < 1.29 is 40.7 Å². The molecule has 1 aliphatic rings. The molecule has 232 valence electrons. The van der Waals surface area contributed by atoms with Crippen molar-refractivity contribution in [3.05, 3.63) is 40.4 Å². The fourth-order valence-corrected chi connectivity index (χ4v) is 7.45. The Hall–Kier alpha value is -2.49. The second-order valence-electron chi connectivity index (χ2n) is 11.8. The number of Topliss-reactive ketones (excluding diaryl/α,β-unsaturated/α-hetero) is 2. The second kappa shape index (κ2) is 14.6. The van der Waals surface area contributed by atoms with Gasteiger partial charge in [-0.15, -0.1) is 0 Å². The number of carbonyl (C=O) groups excluding carboxylic acids is 3. The first-order chi connectivity index (χ1) is 18.7. The van der Waals surface area contributed by atoms with Gasteiger partial charge < -0.3 is 9.47 Å². The Labute approximate surface area is 246 Å². The molecule has 0 amide bonds. The highest BCUT2D eigenvalue weighted by Crippen LogP contribution is 2.45. The predicted octanol–water partition coefficient (Wildman–Crippen LogP) is 4.48. The van der Waals surface area contributed by atoms with E-state index in [-0.39, 0.29) is 77.4 Å². The van der Waals surface area contributed by atoms with Crippen LogP contribution in [0.4, 0.5) is 0 Å². The monoisotopic (exact) mass is 614 g/mol. The van der Waals surface area contributed by atoms with E-state index in [1.807, 2.05) is 0 Å². The van der Waals surface area contributed by atoms with Gasteiger partial charge in [0.15, 0.2) is 31.2 Å². The van der Waals surface area contributed by atoms with Gasteiger partial charge in [-0.2, -0.15) is 0 Å². The molecule has 1 aliphatic carbocycles. The van der Waals surface area contributed by atoms with E-state index in [0.717, 1.165) is 0 Å². The zero-order valence-corrected chi connectivity index (χ0v) is 27.4. The third kappa shape index (κ3) is 10.4. The second-order valence-corrected chi connectivity index (χ2v) is 16.4. The number of esters is 1. The molecule has 0 N–H and O–H groups in total. The minimum atomic E-state index is -3.31. The topological polar surface area (TPSA) is 138 Å². The lowest BCUT2D eigenvalue weighted by Crippen LogP contribution is -2.36. The van der Waals surface area contributed by atoms with Crippen LogP contribution in [0.15, 0.2) is 40.4 Å². The summed E-state index contributed by atoms with van der Waals surface area (Å²) >= 11 is 0. The third-order valence-corrected chi connectivity index (χ3v) is 10.6. The molecule has 0 atom stereocenters. The summed E-state index contributed by atoms with van der Waals surface area (Å²) in [5.74, 6) is -1.39. The Bertz CT molecular complexity index is 1350. The van der Waals surface area contributed by atoms with Gasteiger partial charge in [-0.3, -0.25) is 14.4 Å². The molecule has 0 aromatic rings. The van der Waals surface area contributed by atoms with Crippen LogP contribution in [-0.2, 0) is 43.5 Å². The summed E-state index contributed by atoms with van der Waals surface area (Å²) in [6.07, 6.45) is 0.936. The van der Waals surface area contributed by atoms with Crippen molar-refractivity contribution in [2.75, 3.05) is 36.2 Å². The molecule has 0 aromatic heterocycles. The molecular formula is C30H46O9S2. The molecule has 0 bridgehead atoms. The van der Waals surface area contributed by atoms with Gasteiger partial charge in [0.1, 0.15) is 19.0 Å². The molecule has 41 heavy (non-hydrogen) atoms. The Morgan fingerprint density at radius 2 is 1.12 bits per heavy atom. The lowest BCUT2D eigenvalue weighted by molar-refractivity contribution is -0.145. The van der Waals surface area contributed by atoms with Gasteiger partial charge in [-0.1, -0.05) is 53.9 Å². The zero-order valence-electron chi connectivity index (χ0n) is 25.8. The van der Waals surface area contributed by atoms with Crippen LogP contribution in [0.3, 0.4) is 0 Å². The molecule has 0 aliphatic heterocycles. The van der Waals surface area contributed by atoms with E-state index in [1.165, 1.54) is 0 Å². The van der Waals surface area contributed by atoms with E-state index in [1.54, 1.807) is 55.4 Å². The number of allylic oxidation sites excluding steroid dienone is 5. The first-order valence-electron chi connectivity index (χ1n) is 13.9. The first kappa shape index (κ1) is 36.5. The fourth-order valence-electron chi connectivity index (χ4n) is 5.13. The van der Waals surface area contributed by atoms with E-state index in [4.69, 9.17) is 9.47 Å². The van der Waals surface area contributed by atoms with E-state index < -0.39 is 36.5 Å². The highest BCUT2D eigenvalue weighted by atomic mass is 32.2. The largest absolute Gasteiger partial charge is 0.489 e. The van der Waals surface area contributed by atoms with Crippen molar-refractivity contribution in [3.8, 4) is 0 Å². The molecular weight excluding hydrogens is 568 g/mol. The molecule has 0 saturated carbocycles. The van der Waals surface area contributed by atoms with Crippen molar-refractivity contribution >= 4 is 37.2 Å². The first-order valence-corrected chi connectivity index (χ1v) is 17.5. The number of ether oxygens (including phenoxy) is 2. The van der Waals surface area contributed by atoms with Gasteiger partial charge in [0.25, 0.3) is 0 Å². The number of hydrogen-bond acceptors (Lipinski definition) is 9. The highest BCUT2D eigenvalue weighted by molar-refractivity contribution is 7.91. The number of ketones is 2. The van der Waals surface area contributed by atoms with Crippen molar-refractivity contribution in [1.82, 2.24) is 0 Å². The van der Waals surface area contributed by atoms with E-state index in [2.05, 4.69) is 12.3 Å². The number of rotatable bonds is 17. The minimum absolute atomic E-state index is 0.0140. The van der Waals surface area contributed by atoms with Crippen molar-refractivity contribution in [3.63, 3.8) is 0 Å². The Morgan fingerprint density at radius 1 is 0.732 bits per heavy atom. The van der Waals surface area contributed by atoms with Crippen LogP contribution in [0.1, 0.15) is 81.1 Å². The molecule has 1 rings (SSSR count). The summed E-state index contributed by atoms with van der Waals surface area (Å²) < 4.78 is 58.6. The summed E-state index contributed by atoms with van der Waals surface area (Å²) in [5, 5.41) is 0. The summed E-state index contributed by atoms with van der Waals surface area (Å²) in [6.45, 7) is 16.9. The highest BCUT2D eigenvalue weighted by Gasteiger charge is 2.43. The smallest absolute Gasteiger partial charge is 0.306 e. The number of hydrogen-bond donors (Lipinski definition) is 0. The molecule has 0 heterocycles. The van der Waals surface area contributed by atoms with Crippen molar-refractivity contribution in [1.29, 1.82) is 0 Å². The van der Waals surface area contributed by atoms with Gasteiger partial charge in [0.2, 0.25) is 0 Å². The molecule has 9 nitrogen and oxygen atoms in total. The lowest BCUT2D eigenvalue weighted by Gasteiger charge is -2.36. The van der Waals surface area contributed by atoms with Gasteiger partial charge in [0.05, 0.1) is 29.4 Å². The van der Waals surface area contributed by atoms with Crippen LogP contribution >= 0.6 is 0 Å². The van der Waals surface area contributed by atoms with Crippen LogP contribution < -0.4 is 0 Å². The van der Waals surface area contributed by atoms with E-state index in [0.29, 0.717) is 24.2 Å². The molecule has 11 heteroatoms. The minimum Gasteiger partial charge on any atom is -0.489 e. The van der Waals surface area contributed by atoms with Gasteiger partial charge in [0, 0.05) is 39.5 Å². The summed E-state index contributed by atoms with van der Waals surface area (Å²) in [5.41, 5.74) is 1.75. The average Bonchev–Trinajstić information content (AvgIpc) is 2.81. The van der Waals surface area contributed by atoms with E-state index in [9.17, 15) is 31.2 Å². The van der Waals surface area contributed by atoms with Crippen molar-refractivity contribution in [2.45, 2.75) is 81.1 Å². The summed E-state index contributed by atoms with van der Waals surface area (Å²) in [4.78, 5) is 39.9. The van der Waals surface area contributed by atoms with Crippen LogP contribution in [-0.4, -0.2) is 70.6 Å². The van der Waals surface area contributed by atoms with Crippen molar-refractivity contribution in [2.24, 2.45) is 10.8 Å². The van der Waals surface area contributed by atoms with Gasteiger partial charge >= 0.3 is 5.97 Å². The average molecular weight is 615 g/mol.